The van der Waals surface area contributed by atoms with E-state index in [1.807, 2.05) is 54.6 Å². The number of carbonyl (C=O) groups excluding carboxylic acids is 1. The fourth-order valence-corrected chi connectivity index (χ4v) is 18.3. The number of carbonyl (C=O) groups is 1. The Morgan fingerprint density at radius 3 is 1.37 bits per heavy atom. The maximum Gasteiger partial charge on any atom is 0.576 e. The zero-order chi connectivity index (χ0) is 25.4. The van der Waals surface area contributed by atoms with E-state index in [2.05, 4.69) is 63.7 Å². The molecule has 0 amide bonds. The van der Waals surface area contributed by atoms with Crippen LogP contribution in [0.5, 0.6) is 0 Å². The Hall–Kier alpha value is -2.56. The molecule has 0 aliphatic carbocycles. The lowest BCUT2D eigenvalue weighted by Gasteiger charge is -2.43. The minimum absolute atomic E-state index is 0.417. The van der Waals surface area contributed by atoms with Gasteiger partial charge < -0.3 is 12.7 Å². The normalized spacial score (nSPS) is 13.6. The van der Waals surface area contributed by atoms with Crippen molar-refractivity contribution >= 4 is 47.0 Å². The molecule has 4 nitrogen and oxygen atoms in total. The molecule has 184 valence electrons. The fraction of sp³-hybridized carbons (Fsp3) is 0.250. The second-order valence-corrected chi connectivity index (χ2v) is 19.7. The van der Waals surface area contributed by atoms with Gasteiger partial charge in [0.2, 0.25) is 0 Å². The summed E-state index contributed by atoms with van der Waals surface area (Å²) in [6, 6.07) is 33.5. The van der Waals surface area contributed by atoms with Gasteiger partial charge in [-0.05, 0) is 39.4 Å². The summed E-state index contributed by atoms with van der Waals surface area (Å²) >= 11 is 0. The van der Waals surface area contributed by atoms with E-state index in [1.54, 1.807) is 5.70 Å². The molecule has 0 aromatic heterocycles. The molecule has 7 heteroatoms. The molecule has 3 rings (SSSR count). The molecule has 0 aliphatic rings. The van der Waals surface area contributed by atoms with Crippen molar-refractivity contribution in [2.24, 2.45) is 0 Å². The Morgan fingerprint density at radius 2 is 1.09 bits per heavy atom. The smallest absolute Gasteiger partial charge is 0.471 e. The van der Waals surface area contributed by atoms with Crippen LogP contribution in [0, 0.1) is 0 Å². The summed E-state index contributed by atoms with van der Waals surface area (Å²) in [5, 5.41) is 3.18. The van der Waals surface area contributed by atoms with Crippen molar-refractivity contribution in [3.8, 4) is 0 Å². The molecule has 1 unspecified atom stereocenters. The number of hydrogen-bond donors (Lipinski definition) is 0. The number of rotatable bonds is 12. The van der Waals surface area contributed by atoms with Crippen molar-refractivity contribution in [3.63, 3.8) is 0 Å². The lowest BCUT2D eigenvalue weighted by molar-refractivity contribution is -0.134. The van der Waals surface area contributed by atoms with Crippen LogP contribution in [0.1, 0.15) is 27.7 Å². The Labute approximate surface area is 213 Å². The summed E-state index contributed by atoms with van der Waals surface area (Å²) in [6.45, 7) is 12.0. The molecule has 1 atom stereocenters. The first-order chi connectivity index (χ1) is 16.9. The van der Waals surface area contributed by atoms with Gasteiger partial charge in [-0.25, -0.2) is 0 Å². The molecule has 0 spiro atoms. The van der Waals surface area contributed by atoms with Crippen molar-refractivity contribution in [2.75, 3.05) is 0 Å². The third kappa shape index (κ3) is 5.82. The molecule has 3 aromatic carbocycles. The van der Waals surface area contributed by atoms with Crippen LogP contribution in [-0.2, 0) is 17.5 Å². The Balaban J connectivity index is 2.35. The van der Waals surface area contributed by atoms with Crippen LogP contribution in [0.25, 0.3) is 0 Å². The van der Waals surface area contributed by atoms with Gasteiger partial charge in [0.25, 0.3) is 14.3 Å². The third-order valence-corrected chi connectivity index (χ3v) is 20.3. The van der Waals surface area contributed by atoms with E-state index in [9.17, 15) is 4.79 Å². The molecule has 0 bridgehead atoms. The summed E-state index contributed by atoms with van der Waals surface area (Å²) in [4.78, 5) is 12.5. The van der Waals surface area contributed by atoms with Crippen LogP contribution in [0.2, 0.25) is 18.1 Å². The molecule has 0 aliphatic heterocycles. The average molecular weight is 521 g/mol. The quantitative estimate of drug-likeness (QED) is 0.251. The van der Waals surface area contributed by atoms with E-state index in [-0.39, 0.29) is 0 Å². The second kappa shape index (κ2) is 11.9. The van der Waals surface area contributed by atoms with Gasteiger partial charge >= 0.3 is 8.80 Å². The predicted octanol–water partition coefficient (Wildman–Crippen LogP) is 4.92. The van der Waals surface area contributed by atoms with E-state index in [4.69, 9.17) is 12.7 Å². The number of benzene rings is 3. The molecule has 3 aromatic rings. The molecule has 0 radical (unpaired) electrons. The monoisotopic (exact) mass is 520 g/mol. The zero-order valence-electron chi connectivity index (χ0n) is 21.2. The fourth-order valence-electron chi connectivity index (χ4n) is 4.56. The SMILES string of the molecule is C=C[Si](OC(C)=O)(O[Si](CC)(CC)CC)O[Si](c1ccccc1)(c1ccccc1)c1ccccc1. The highest BCUT2D eigenvalue weighted by Gasteiger charge is 2.56. The topological polar surface area (TPSA) is 44.8 Å². The van der Waals surface area contributed by atoms with Gasteiger partial charge in [-0.15, -0.1) is 0 Å². The predicted molar refractivity (Wildman–Crippen MR) is 151 cm³/mol. The van der Waals surface area contributed by atoms with Gasteiger partial charge in [0.1, 0.15) is 0 Å². The Kier molecular flexibility index (Phi) is 9.21. The van der Waals surface area contributed by atoms with Crippen molar-refractivity contribution in [1.29, 1.82) is 0 Å². The summed E-state index contributed by atoms with van der Waals surface area (Å²) < 4.78 is 20.4. The van der Waals surface area contributed by atoms with Gasteiger partial charge in [-0.1, -0.05) is 118 Å². The molecule has 0 saturated heterocycles. The average Bonchev–Trinajstić information content (AvgIpc) is 2.91. The minimum Gasteiger partial charge on any atom is -0.471 e. The first-order valence-corrected chi connectivity index (χ1v) is 18.5. The van der Waals surface area contributed by atoms with Crippen molar-refractivity contribution in [3.05, 3.63) is 103 Å². The minimum atomic E-state index is -3.68. The van der Waals surface area contributed by atoms with E-state index >= 15 is 0 Å². The summed E-state index contributed by atoms with van der Waals surface area (Å²) in [7, 11) is -9.08. The highest BCUT2D eigenvalue weighted by molar-refractivity contribution is 7.10. The standard InChI is InChI=1S/C28H36O4Si3/c1-6-33(7-2,8-3)31-34(9-4,30-25(5)29)32-35(26-19-13-10-14-20-26,27-21-15-11-16-22-27)28-23-17-12-18-24-28/h9-24H,4,6-8H2,1-3,5H3. The Bertz CT molecular complexity index is 984. The van der Waals surface area contributed by atoms with Crippen LogP contribution in [0.4, 0.5) is 0 Å². The van der Waals surface area contributed by atoms with Crippen molar-refractivity contribution < 1.29 is 17.5 Å². The second-order valence-electron chi connectivity index (χ2n) is 8.63. The first kappa shape index (κ1) is 27.0. The highest BCUT2D eigenvalue weighted by atomic mass is 28.5. The summed E-state index contributed by atoms with van der Waals surface area (Å²) in [5.74, 6) is -0.417. The molecule has 0 N–H and O–H groups in total. The van der Waals surface area contributed by atoms with Crippen LogP contribution in [-0.4, -0.2) is 31.4 Å². The van der Waals surface area contributed by atoms with E-state index in [0.717, 1.165) is 33.7 Å². The molecule has 0 fully saturated rings. The lowest BCUT2D eigenvalue weighted by atomic mass is 10.3. The molecule has 0 saturated carbocycles. The van der Waals surface area contributed by atoms with Gasteiger partial charge in [0.15, 0.2) is 8.32 Å². The van der Waals surface area contributed by atoms with Gasteiger partial charge in [0.05, 0.1) is 0 Å². The maximum absolute atomic E-state index is 12.5. The summed E-state index contributed by atoms with van der Waals surface area (Å²) in [5.41, 5.74) is 1.66. The number of hydrogen-bond acceptors (Lipinski definition) is 4. The van der Waals surface area contributed by atoms with E-state index < -0.39 is 31.4 Å². The molecule has 0 heterocycles. The van der Waals surface area contributed by atoms with Crippen LogP contribution in [0.15, 0.2) is 103 Å². The summed E-state index contributed by atoms with van der Waals surface area (Å²) in [6.07, 6.45) is 0. The largest absolute Gasteiger partial charge is 0.576 e. The molecular formula is C28H36O4Si3. The maximum atomic E-state index is 12.5. The zero-order valence-corrected chi connectivity index (χ0v) is 24.2. The Morgan fingerprint density at radius 1 is 0.714 bits per heavy atom. The van der Waals surface area contributed by atoms with E-state index in [0.29, 0.717) is 0 Å². The molecule has 35 heavy (non-hydrogen) atoms. The molecular weight excluding hydrogens is 485 g/mol. The van der Waals surface area contributed by atoms with Gasteiger partial charge in [-0.3, -0.25) is 4.79 Å². The van der Waals surface area contributed by atoms with E-state index in [1.165, 1.54) is 6.92 Å². The lowest BCUT2D eigenvalue weighted by Crippen LogP contribution is -2.74. The third-order valence-electron chi connectivity index (χ3n) is 6.66. The van der Waals surface area contributed by atoms with Gasteiger partial charge in [0, 0.05) is 6.92 Å². The highest BCUT2D eigenvalue weighted by Crippen LogP contribution is 2.30. The first-order valence-electron chi connectivity index (χ1n) is 12.3. The van der Waals surface area contributed by atoms with Crippen molar-refractivity contribution in [2.45, 2.75) is 45.8 Å². The van der Waals surface area contributed by atoms with Gasteiger partial charge in [-0.2, -0.15) is 0 Å². The van der Waals surface area contributed by atoms with Crippen molar-refractivity contribution in [1.82, 2.24) is 0 Å². The van der Waals surface area contributed by atoms with Crippen LogP contribution in [0.3, 0.4) is 0 Å². The van der Waals surface area contributed by atoms with Crippen LogP contribution < -0.4 is 15.6 Å². The van der Waals surface area contributed by atoms with Crippen LogP contribution >= 0.6 is 0 Å².